The summed E-state index contributed by atoms with van der Waals surface area (Å²) in [6.07, 6.45) is 1.04. The van der Waals surface area contributed by atoms with Crippen LogP contribution in [0.3, 0.4) is 0 Å². The Morgan fingerprint density at radius 1 is 1.06 bits per heavy atom. The Morgan fingerprint density at radius 2 is 1.77 bits per heavy atom. The molecule has 1 saturated heterocycles. The zero-order valence-corrected chi connectivity index (χ0v) is 21.8. The molecule has 3 amide bonds. The Bertz CT molecular complexity index is 865. The van der Waals surface area contributed by atoms with Gasteiger partial charge in [0.1, 0.15) is 12.6 Å². The molecule has 4 atom stereocenters. The quantitative estimate of drug-likeness (QED) is 0.299. The summed E-state index contributed by atoms with van der Waals surface area (Å²) in [5.74, 6) is -0.194. The molecule has 3 rings (SSSR count). The van der Waals surface area contributed by atoms with Crippen molar-refractivity contribution in [3.05, 3.63) is 35.9 Å². The molecule has 2 fully saturated rings. The zero-order chi connectivity index (χ0) is 25.4. The van der Waals surface area contributed by atoms with Crippen molar-refractivity contribution >= 4 is 26.2 Å². The van der Waals surface area contributed by atoms with E-state index in [4.69, 9.17) is 9.47 Å². The van der Waals surface area contributed by atoms with Gasteiger partial charge in [-0.25, -0.2) is 15.1 Å². The third-order valence-electron chi connectivity index (χ3n) is 6.53. The molecule has 1 heterocycles. The second kappa shape index (κ2) is 12.4. The van der Waals surface area contributed by atoms with Crippen molar-refractivity contribution in [3.8, 4) is 0 Å². The van der Waals surface area contributed by atoms with Gasteiger partial charge in [0.2, 0.25) is 5.91 Å². The van der Waals surface area contributed by atoms with Crippen LogP contribution in [-0.2, 0) is 20.9 Å². The highest BCUT2D eigenvalue weighted by atomic mass is 28.3. The number of nitrogens with one attached hydrogen (secondary N) is 3. The minimum Gasteiger partial charge on any atom is -0.450 e. The van der Waals surface area contributed by atoms with Gasteiger partial charge in [-0.1, -0.05) is 50.0 Å². The number of carbonyl (C=O) groups is 3. The van der Waals surface area contributed by atoms with Crippen LogP contribution in [0.4, 0.5) is 9.59 Å². The van der Waals surface area contributed by atoms with Crippen molar-refractivity contribution in [2.45, 2.75) is 82.1 Å². The number of hydrogen-bond donors (Lipinski definition) is 4. The lowest BCUT2D eigenvalue weighted by Crippen LogP contribution is -2.58. The number of benzene rings is 1. The van der Waals surface area contributed by atoms with E-state index in [1.54, 1.807) is 4.90 Å². The molecule has 1 aliphatic carbocycles. The Labute approximate surface area is 207 Å². The number of hydroxylamine groups is 1. The standard InChI is InChI=1S/C24H38N4O6Si/c1-35(2,3)14-13-33-23(30)26-20-15-18(27-32)9-10-21(20)28-12-11-19(22(28)29)25-24(31)34-16-17-7-5-4-6-8-17/h4-8,18-21,27,32H,9-16H2,1-3H3,(H,25,31)(H,26,30)/t18-,19+,20-,21+/m1/s1. The third-order valence-corrected chi connectivity index (χ3v) is 8.23. The predicted octanol–water partition coefficient (Wildman–Crippen LogP) is 2.85. The van der Waals surface area contributed by atoms with Crippen LogP contribution in [0.25, 0.3) is 0 Å². The number of amides is 3. The number of rotatable bonds is 9. The topological polar surface area (TPSA) is 129 Å². The van der Waals surface area contributed by atoms with Crippen LogP contribution in [0.5, 0.6) is 0 Å². The van der Waals surface area contributed by atoms with Gasteiger partial charge in [-0.2, -0.15) is 0 Å². The molecular formula is C24H38N4O6Si. The summed E-state index contributed by atoms with van der Waals surface area (Å²) < 4.78 is 10.6. The van der Waals surface area contributed by atoms with Crippen molar-refractivity contribution in [1.29, 1.82) is 0 Å². The van der Waals surface area contributed by atoms with Gasteiger partial charge in [0, 0.05) is 20.7 Å². The lowest BCUT2D eigenvalue weighted by molar-refractivity contribution is -0.132. The second-order valence-corrected chi connectivity index (χ2v) is 16.1. The number of likely N-dealkylation sites (tertiary alicyclic amines) is 1. The van der Waals surface area contributed by atoms with Crippen molar-refractivity contribution < 1.29 is 29.1 Å². The lowest BCUT2D eigenvalue weighted by Gasteiger charge is -2.40. The SMILES string of the molecule is C[Si](C)(C)CCOC(=O)N[C@@H]1C[C@H](NO)CC[C@@H]1N1CC[C@H](NC(=O)OCc2ccccc2)C1=O. The molecule has 11 heteroatoms. The normalized spacial score (nSPS) is 24.7. The van der Waals surface area contributed by atoms with Gasteiger partial charge in [0.15, 0.2) is 0 Å². The molecule has 0 unspecified atom stereocenters. The van der Waals surface area contributed by atoms with Gasteiger partial charge in [-0.05, 0) is 37.3 Å². The molecular weight excluding hydrogens is 468 g/mol. The predicted molar refractivity (Wildman–Crippen MR) is 133 cm³/mol. The van der Waals surface area contributed by atoms with Gasteiger partial charge in [0.05, 0.1) is 18.7 Å². The summed E-state index contributed by atoms with van der Waals surface area (Å²) in [6, 6.07) is 8.72. The summed E-state index contributed by atoms with van der Waals surface area (Å²) in [5, 5.41) is 15.0. The van der Waals surface area contributed by atoms with E-state index in [-0.39, 0.29) is 30.6 Å². The lowest BCUT2D eigenvalue weighted by atomic mass is 9.86. The van der Waals surface area contributed by atoms with Crippen LogP contribution in [0.2, 0.25) is 25.7 Å². The molecule has 35 heavy (non-hydrogen) atoms. The Kier molecular flexibility index (Phi) is 9.53. The smallest absolute Gasteiger partial charge is 0.408 e. The summed E-state index contributed by atoms with van der Waals surface area (Å²) in [6.45, 7) is 7.59. The van der Waals surface area contributed by atoms with Crippen LogP contribution in [-0.4, -0.2) is 73.6 Å². The summed E-state index contributed by atoms with van der Waals surface area (Å²) in [7, 11) is -1.33. The molecule has 194 valence electrons. The molecule has 0 aromatic heterocycles. The fraction of sp³-hybridized carbons (Fsp3) is 0.625. The molecule has 4 N–H and O–H groups in total. The molecule has 0 spiro atoms. The number of nitrogens with zero attached hydrogens (tertiary/aromatic N) is 1. The molecule has 1 aromatic carbocycles. The number of hydrogen-bond acceptors (Lipinski definition) is 7. The van der Waals surface area contributed by atoms with Crippen molar-refractivity contribution in [1.82, 2.24) is 21.0 Å². The number of alkyl carbamates (subject to hydrolysis) is 2. The van der Waals surface area contributed by atoms with E-state index >= 15 is 0 Å². The Hall–Kier alpha value is -2.63. The summed E-state index contributed by atoms with van der Waals surface area (Å²) in [4.78, 5) is 39.6. The van der Waals surface area contributed by atoms with E-state index in [0.717, 1.165) is 11.6 Å². The maximum absolute atomic E-state index is 13.1. The first kappa shape index (κ1) is 27.0. The van der Waals surface area contributed by atoms with E-state index < -0.39 is 26.3 Å². The number of ether oxygens (including phenoxy) is 2. The van der Waals surface area contributed by atoms with E-state index in [9.17, 15) is 19.6 Å². The van der Waals surface area contributed by atoms with Crippen molar-refractivity contribution in [3.63, 3.8) is 0 Å². The van der Waals surface area contributed by atoms with Crippen LogP contribution in [0.15, 0.2) is 30.3 Å². The third kappa shape index (κ3) is 8.22. The molecule has 0 bridgehead atoms. The Balaban J connectivity index is 1.54. The van der Waals surface area contributed by atoms with E-state index in [2.05, 4.69) is 35.8 Å². The minimum atomic E-state index is -1.33. The minimum absolute atomic E-state index is 0.126. The molecule has 2 aliphatic rings. The first-order valence-corrected chi connectivity index (χ1v) is 16.0. The fourth-order valence-corrected chi connectivity index (χ4v) is 5.23. The highest BCUT2D eigenvalue weighted by Gasteiger charge is 2.43. The fourth-order valence-electron chi connectivity index (χ4n) is 4.52. The van der Waals surface area contributed by atoms with E-state index in [1.807, 2.05) is 30.3 Å². The van der Waals surface area contributed by atoms with E-state index in [0.29, 0.717) is 38.8 Å². The molecule has 10 nitrogen and oxygen atoms in total. The summed E-state index contributed by atoms with van der Waals surface area (Å²) >= 11 is 0. The first-order chi connectivity index (χ1) is 16.7. The van der Waals surface area contributed by atoms with Crippen LogP contribution in [0.1, 0.15) is 31.2 Å². The van der Waals surface area contributed by atoms with Crippen LogP contribution in [0, 0.1) is 0 Å². The first-order valence-electron chi connectivity index (χ1n) is 12.3. The highest BCUT2D eigenvalue weighted by Crippen LogP contribution is 2.28. The monoisotopic (exact) mass is 506 g/mol. The van der Waals surface area contributed by atoms with Gasteiger partial charge in [-0.3, -0.25) is 4.79 Å². The van der Waals surface area contributed by atoms with Crippen LogP contribution < -0.4 is 16.1 Å². The van der Waals surface area contributed by atoms with Gasteiger partial charge in [0.25, 0.3) is 0 Å². The average Bonchev–Trinajstić information content (AvgIpc) is 3.17. The van der Waals surface area contributed by atoms with Crippen molar-refractivity contribution in [2.75, 3.05) is 13.2 Å². The molecule has 0 radical (unpaired) electrons. The zero-order valence-electron chi connectivity index (χ0n) is 20.8. The average molecular weight is 507 g/mol. The van der Waals surface area contributed by atoms with E-state index in [1.165, 1.54) is 0 Å². The molecule has 1 saturated carbocycles. The second-order valence-electron chi connectivity index (χ2n) is 10.5. The highest BCUT2D eigenvalue weighted by molar-refractivity contribution is 6.76. The molecule has 1 aromatic rings. The van der Waals surface area contributed by atoms with Gasteiger partial charge < -0.3 is 30.2 Å². The van der Waals surface area contributed by atoms with Crippen molar-refractivity contribution in [2.24, 2.45) is 0 Å². The van der Waals surface area contributed by atoms with Gasteiger partial charge >= 0.3 is 12.2 Å². The molecule has 1 aliphatic heterocycles. The maximum atomic E-state index is 13.1. The van der Waals surface area contributed by atoms with Gasteiger partial charge in [-0.15, -0.1) is 0 Å². The largest absolute Gasteiger partial charge is 0.450 e. The Morgan fingerprint density at radius 3 is 2.46 bits per heavy atom. The maximum Gasteiger partial charge on any atom is 0.408 e. The summed E-state index contributed by atoms with van der Waals surface area (Å²) in [5.41, 5.74) is 3.15. The van der Waals surface area contributed by atoms with Crippen LogP contribution >= 0.6 is 0 Å². The number of carbonyl (C=O) groups excluding carboxylic acids is 3.